The minimum atomic E-state index is -0.242. The Morgan fingerprint density at radius 3 is 2.56 bits per heavy atom. The maximum absolute atomic E-state index is 13.0. The molecule has 1 fully saturated rings. The average molecular weight is 430 g/mol. The zero-order valence-corrected chi connectivity index (χ0v) is 18.2. The van der Waals surface area contributed by atoms with E-state index in [1.165, 1.54) is 0 Å². The van der Waals surface area contributed by atoms with Crippen molar-refractivity contribution in [3.63, 3.8) is 0 Å². The van der Waals surface area contributed by atoms with Crippen molar-refractivity contribution in [3.05, 3.63) is 89.6 Å². The van der Waals surface area contributed by atoms with E-state index >= 15 is 0 Å². The van der Waals surface area contributed by atoms with Crippen LogP contribution < -0.4 is 10.1 Å². The molecule has 1 atom stereocenters. The summed E-state index contributed by atoms with van der Waals surface area (Å²) in [5.41, 5.74) is 2.46. The molecule has 4 rings (SSSR count). The second-order valence-electron chi connectivity index (χ2n) is 8.04. The van der Waals surface area contributed by atoms with E-state index in [-0.39, 0.29) is 17.7 Å². The number of hydrogen-bond donors (Lipinski definition) is 1. The Morgan fingerprint density at radius 1 is 1.03 bits per heavy atom. The summed E-state index contributed by atoms with van der Waals surface area (Å²) >= 11 is 0. The highest BCUT2D eigenvalue weighted by atomic mass is 16.5. The summed E-state index contributed by atoms with van der Waals surface area (Å²) in [4.78, 5) is 31.8. The molecule has 0 aliphatic carbocycles. The van der Waals surface area contributed by atoms with Crippen LogP contribution in [0.4, 0.5) is 5.82 Å². The van der Waals surface area contributed by atoms with Gasteiger partial charge in [0.1, 0.15) is 18.2 Å². The van der Waals surface area contributed by atoms with Gasteiger partial charge in [0.25, 0.3) is 5.91 Å². The summed E-state index contributed by atoms with van der Waals surface area (Å²) in [5, 5.41) is 2.88. The first kappa shape index (κ1) is 21.6. The van der Waals surface area contributed by atoms with Crippen molar-refractivity contribution in [2.24, 2.45) is 5.92 Å². The van der Waals surface area contributed by atoms with Gasteiger partial charge < -0.3 is 15.0 Å². The first-order valence-corrected chi connectivity index (χ1v) is 10.9. The fourth-order valence-corrected chi connectivity index (χ4v) is 3.83. The monoisotopic (exact) mass is 429 g/mol. The van der Waals surface area contributed by atoms with Crippen LogP contribution in [0, 0.1) is 12.8 Å². The topological polar surface area (TPSA) is 71.5 Å². The highest BCUT2D eigenvalue weighted by molar-refractivity contribution is 5.96. The Hall–Kier alpha value is -3.67. The van der Waals surface area contributed by atoms with Gasteiger partial charge in [-0.25, -0.2) is 4.98 Å². The van der Waals surface area contributed by atoms with Gasteiger partial charge in [0.05, 0.1) is 5.92 Å². The lowest BCUT2D eigenvalue weighted by Crippen LogP contribution is -2.43. The highest BCUT2D eigenvalue weighted by Gasteiger charge is 2.29. The third kappa shape index (κ3) is 5.52. The van der Waals surface area contributed by atoms with E-state index in [9.17, 15) is 9.59 Å². The van der Waals surface area contributed by atoms with E-state index in [4.69, 9.17) is 4.74 Å². The molecule has 1 aliphatic rings. The third-order valence-corrected chi connectivity index (χ3v) is 5.57. The molecular weight excluding hydrogens is 402 g/mol. The molecule has 0 radical (unpaired) electrons. The largest absolute Gasteiger partial charge is 0.489 e. The number of hydrogen-bond acceptors (Lipinski definition) is 4. The number of anilines is 1. The van der Waals surface area contributed by atoms with Crippen LogP contribution >= 0.6 is 0 Å². The van der Waals surface area contributed by atoms with Crippen molar-refractivity contribution in [1.82, 2.24) is 9.88 Å². The fraction of sp³-hybridized carbons (Fsp3) is 0.269. The molecule has 2 heterocycles. The molecule has 1 aliphatic heterocycles. The second kappa shape index (κ2) is 10.1. The molecule has 1 aromatic heterocycles. The predicted molar refractivity (Wildman–Crippen MR) is 123 cm³/mol. The van der Waals surface area contributed by atoms with Crippen LogP contribution in [0.2, 0.25) is 0 Å². The normalized spacial score (nSPS) is 15.8. The molecule has 3 aromatic rings. The minimum absolute atomic E-state index is 0.0493. The number of ether oxygens (including phenoxy) is 1. The van der Waals surface area contributed by atoms with Crippen LogP contribution in [0.5, 0.6) is 5.75 Å². The Morgan fingerprint density at radius 2 is 1.81 bits per heavy atom. The van der Waals surface area contributed by atoms with E-state index in [0.717, 1.165) is 29.8 Å². The Kier molecular flexibility index (Phi) is 6.80. The van der Waals surface area contributed by atoms with Crippen molar-refractivity contribution in [2.45, 2.75) is 26.4 Å². The summed E-state index contributed by atoms with van der Waals surface area (Å²) in [6.07, 6.45) is 1.56. The fourth-order valence-electron chi connectivity index (χ4n) is 3.83. The number of aromatic nitrogens is 1. The highest BCUT2D eigenvalue weighted by Crippen LogP contribution is 2.21. The molecule has 0 bridgehead atoms. The zero-order valence-electron chi connectivity index (χ0n) is 18.2. The Balaban J connectivity index is 1.33. The van der Waals surface area contributed by atoms with Crippen molar-refractivity contribution in [3.8, 4) is 5.75 Å². The Labute approximate surface area is 188 Å². The predicted octanol–water partition coefficient (Wildman–Crippen LogP) is 4.46. The molecule has 6 heteroatoms. The molecule has 2 amide bonds. The number of para-hydroxylation sites is 1. The zero-order chi connectivity index (χ0) is 22.3. The first-order chi connectivity index (χ1) is 15.6. The second-order valence-corrected chi connectivity index (χ2v) is 8.04. The van der Waals surface area contributed by atoms with Gasteiger partial charge in [0.15, 0.2) is 0 Å². The number of piperidine rings is 1. The van der Waals surface area contributed by atoms with E-state index in [2.05, 4.69) is 10.3 Å². The van der Waals surface area contributed by atoms with E-state index in [0.29, 0.717) is 31.1 Å². The summed E-state index contributed by atoms with van der Waals surface area (Å²) in [6, 6.07) is 22.6. The van der Waals surface area contributed by atoms with Crippen LogP contribution in [0.3, 0.4) is 0 Å². The maximum Gasteiger partial charge on any atom is 0.253 e. The lowest BCUT2D eigenvalue weighted by Gasteiger charge is -2.32. The van der Waals surface area contributed by atoms with Crippen LogP contribution in [0.25, 0.3) is 0 Å². The first-order valence-electron chi connectivity index (χ1n) is 10.9. The summed E-state index contributed by atoms with van der Waals surface area (Å²) in [5.74, 6) is 0.979. The number of benzene rings is 2. The lowest BCUT2D eigenvalue weighted by molar-refractivity contribution is -0.121. The SMILES string of the molecule is Cc1cccc(NC(=O)C2CCCN(C(=O)c3ccc(COc4ccccc4)cc3)C2)n1. The van der Waals surface area contributed by atoms with Gasteiger partial charge in [-0.05, 0) is 61.7 Å². The van der Waals surface area contributed by atoms with Gasteiger partial charge in [-0.15, -0.1) is 0 Å². The lowest BCUT2D eigenvalue weighted by atomic mass is 9.96. The molecule has 0 saturated carbocycles. The molecule has 1 saturated heterocycles. The molecule has 1 unspecified atom stereocenters. The quantitative estimate of drug-likeness (QED) is 0.628. The van der Waals surface area contributed by atoms with Crippen molar-refractivity contribution in [2.75, 3.05) is 18.4 Å². The van der Waals surface area contributed by atoms with Gasteiger partial charge >= 0.3 is 0 Å². The third-order valence-electron chi connectivity index (χ3n) is 5.57. The van der Waals surface area contributed by atoms with E-state index in [1.807, 2.05) is 73.7 Å². The molecule has 164 valence electrons. The minimum Gasteiger partial charge on any atom is -0.489 e. The van der Waals surface area contributed by atoms with Gasteiger partial charge in [0.2, 0.25) is 5.91 Å². The van der Waals surface area contributed by atoms with Crippen LogP contribution in [-0.2, 0) is 11.4 Å². The summed E-state index contributed by atoms with van der Waals surface area (Å²) in [7, 11) is 0. The number of nitrogens with one attached hydrogen (secondary N) is 1. The molecular formula is C26H27N3O3. The molecule has 6 nitrogen and oxygen atoms in total. The van der Waals surface area contributed by atoms with Gasteiger partial charge in [-0.1, -0.05) is 36.4 Å². The molecule has 2 aromatic carbocycles. The molecule has 0 spiro atoms. The number of carbonyl (C=O) groups excluding carboxylic acids is 2. The smallest absolute Gasteiger partial charge is 0.253 e. The van der Waals surface area contributed by atoms with Crippen LogP contribution in [-0.4, -0.2) is 34.8 Å². The summed E-state index contributed by atoms with van der Waals surface area (Å²) < 4.78 is 5.76. The molecule has 1 N–H and O–H groups in total. The molecule has 32 heavy (non-hydrogen) atoms. The van der Waals surface area contributed by atoms with Gasteiger partial charge in [-0.2, -0.15) is 0 Å². The number of likely N-dealkylation sites (tertiary alicyclic amines) is 1. The Bertz CT molecular complexity index is 1070. The van der Waals surface area contributed by atoms with Gasteiger partial charge in [0, 0.05) is 24.3 Å². The van der Waals surface area contributed by atoms with Crippen molar-refractivity contribution < 1.29 is 14.3 Å². The van der Waals surface area contributed by atoms with E-state index in [1.54, 1.807) is 11.0 Å². The van der Waals surface area contributed by atoms with E-state index < -0.39 is 0 Å². The summed E-state index contributed by atoms with van der Waals surface area (Å²) in [6.45, 7) is 3.40. The maximum atomic E-state index is 13.0. The number of carbonyl (C=O) groups is 2. The average Bonchev–Trinajstić information content (AvgIpc) is 2.83. The van der Waals surface area contributed by atoms with Gasteiger partial charge in [-0.3, -0.25) is 9.59 Å². The van der Waals surface area contributed by atoms with Crippen LogP contribution in [0.1, 0.15) is 34.5 Å². The number of nitrogens with zero attached hydrogens (tertiary/aromatic N) is 2. The standard InChI is InChI=1S/C26H27N3O3/c1-19-7-5-11-24(27-19)28-25(30)22-8-6-16-29(17-22)26(31)21-14-12-20(13-15-21)18-32-23-9-3-2-4-10-23/h2-5,7,9-15,22H,6,8,16-18H2,1H3,(H,27,28,30). The number of pyridine rings is 1. The number of aryl methyl sites for hydroxylation is 1. The number of rotatable bonds is 6. The van der Waals surface area contributed by atoms with Crippen molar-refractivity contribution in [1.29, 1.82) is 0 Å². The van der Waals surface area contributed by atoms with Crippen molar-refractivity contribution >= 4 is 17.6 Å². The van der Waals surface area contributed by atoms with Crippen LogP contribution in [0.15, 0.2) is 72.8 Å². The number of amides is 2.